The summed E-state index contributed by atoms with van der Waals surface area (Å²) in [5.41, 5.74) is 0.661. The average molecular weight is 375 g/mol. The molecule has 0 radical (unpaired) electrons. The Morgan fingerprint density at radius 3 is 2.46 bits per heavy atom. The second-order valence-electron chi connectivity index (χ2n) is 6.83. The van der Waals surface area contributed by atoms with E-state index < -0.39 is 16.7 Å². The number of amides is 2. The maximum atomic E-state index is 12.7. The zero-order valence-electron chi connectivity index (χ0n) is 15.2. The highest BCUT2D eigenvalue weighted by atomic mass is 16.6. The van der Waals surface area contributed by atoms with Crippen LogP contribution in [0, 0.1) is 10.1 Å². The molecular formula is C21H17N3O4. The zero-order valence-corrected chi connectivity index (χ0v) is 15.2. The molecule has 0 bridgehead atoms. The van der Waals surface area contributed by atoms with Gasteiger partial charge in [0.25, 0.3) is 17.5 Å². The van der Waals surface area contributed by atoms with Crippen molar-refractivity contribution < 1.29 is 14.5 Å². The molecule has 7 heteroatoms. The first-order valence-electron chi connectivity index (χ1n) is 8.75. The quantitative estimate of drug-likeness (QED) is 0.387. The first kappa shape index (κ1) is 17.8. The van der Waals surface area contributed by atoms with Crippen molar-refractivity contribution in [2.24, 2.45) is 0 Å². The van der Waals surface area contributed by atoms with Crippen molar-refractivity contribution in [3.8, 4) is 0 Å². The highest BCUT2D eigenvalue weighted by molar-refractivity contribution is 6.23. The molecule has 0 aliphatic carbocycles. The smallest absolute Gasteiger partial charge is 0.282 e. The van der Waals surface area contributed by atoms with Gasteiger partial charge in [0, 0.05) is 12.6 Å². The molecule has 1 aliphatic rings. The molecule has 140 valence electrons. The number of carbonyl (C=O) groups is 2. The largest absolute Gasteiger partial charge is 0.284 e. The molecule has 0 spiro atoms. The molecule has 2 amide bonds. The lowest BCUT2D eigenvalue weighted by atomic mass is 10.1. The molecular weight excluding hydrogens is 358 g/mol. The van der Waals surface area contributed by atoms with Crippen molar-refractivity contribution in [2.75, 3.05) is 13.7 Å². The minimum atomic E-state index is -0.633. The van der Waals surface area contributed by atoms with Crippen molar-refractivity contribution in [1.82, 2.24) is 9.80 Å². The summed E-state index contributed by atoms with van der Waals surface area (Å²) in [7, 11) is 1.80. The Bertz CT molecular complexity index is 1130. The fraction of sp³-hybridized carbons (Fsp3) is 0.143. The Morgan fingerprint density at radius 1 is 0.964 bits per heavy atom. The van der Waals surface area contributed by atoms with Gasteiger partial charge in [-0.15, -0.1) is 0 Å². The van der Waals surface area contributed by atoms with Crippen LogP contribution in [0.25, 0.3) is 10.8 Å². The topological polar surface area (TPSA) is 83.8 Å². The van der Waals surface area contributed by atoms with Crippen LogP contribution < -0.4 is 0 Å². The normalized spacial score (nSPS) is 13.4. The van der Waals surface area contributed by atoms with Gasteiger partial charge < -0.3 is 0 Å². The highest BCUT2D eigenvalue weighted by Crippen LogP contribution is 2.30. The lowest BCUT2D eigenvalue weighted by Gasteiger charge is -2.23. The van der Waals surface area contributed by atoms with E-state index in [2.05, 4.69) is 6.07 Å². The maximum Gasteiger partial charge on any atom is 0.282 e. The first-order chi connectivity index (χ1) is 13.5. The number of fused-ring (bicyclic) bond motifs is 2. The zero-order chi connectivity index (χ0) is 19.8. The molecule has 0 fully saturated rings. The summed E-state index contributed by atoms with van der Waals surface area (Å²) in [6.45, 7) is 0.580. The molecule has 28 heavy (non-hydrogen) atoms. The van der Waals surface area contributed by atoms with Gasteiger partial charge in [-0.25, -0.2) is 0 Å². The Kier molecular flexibility index (Phi) is 4.37. The van der Waals surface area contributed by atoms with Crippen molar-refractivity contribution >= 4 is 28.3 Å². The van der Waals surface area contributed by atoms with E-state index in [9.17, 15) is 19.7 Å². The van der Waals surface area contributed by atoms with Crippen LogP contribution in [0.2, 0.25) is 0 Å². The summed E-state index contributed by atoms with van der Waals surface area (Å²) in [6.07, 6.45) is 0. The van der Waals surface area contributed by atoms with Crippen LogP contribution >= 0.6 is 0 Å². The number of carbonyl (C=O) groups excluding carboxylic acids is 2. The average Bonchev–Trinajstić information content (AvgIpc) is 2.92. The van der Waals surface area contributed by atoms with E-state index in [4.69, 9.17) is 0 Å². The molecule has 0 saturated carbocycles. The van der Waals surface area contributed by atoms with E-state index in [0.717, 1.165) is 21.2 Å². The van der Waals surface area contributed by atoms with Gasteiger partial charge in [-0.2, -0.15) is 0 Å². The van der Waals surface area contributed by atoms with Gasteiger partial charge in [-0.1, -0.05) is 42.5 Å². The number of hydrogen-bond acceptors (Lipinski definition) is 5. The van der Waals surface area contributed by atoms with Crippen LogP contribution in [0.4, 0.5) is 5.69 Å². The molecule has 0 atom stereocenters. The lowest BCUT2D eigenvalue weighted by molar-refractivity contribution is -0.385. The molecule has 0 N–H and O–H groups in total. The molecule has 0 unspecified atom stereocenters. The second-order valence-corrected chi connectivity index (χ2v) is 6.83. The van der Waals surface area contributed by atoms with E-state index in [-0.39, 0.29) is 23.5 Å². The van der Waals surface area contributed by atoms with Crippen molar-refractivity contribution in [3.05, 3.63) is 87.5 Å². The third-order valence-electron chi connectivity index (χ3n) is 4.82. The predicted molar refractivity (Wildman–Crippen MR) is 104 cm³/mol. The number of imide groups is 1. The van der Waals surface area contributed by atoms with Crippen LogP contribution in [0.1, 0.15) is 26.3 Å². The summed E-state index contributed by atoms with van der Waals surface area (Å²) in [6, 6.07) is 18.2. The van der Waals surface area contributed by atoms with Gasteiger partial charge in [0.05, 0.1) is 17.2 Å². The summed E-state index contributed by atoms with van der Waals surface area (Å²) in [5.74, 6) is -1.13. The van der Waals surface area contributed by atoms with Gasteiger partial charge in [-0.3, -0.25) is 29.5 Å². The molecule has 1 heterocycles. The van der Waals surface area contributed by atoms with Crippen molar-refractivity contribution in [2.45, 2.75) is 6.54 Å². The standard InChI is InChI=1S/C21H17N3O4/c1-22(12-14-9-10-15-5-2-3-6-16(15)11-14)13-23-20(25)17-7-4-8-18(24(27)28)19(17)21(23)26/h2-11H,12-13H2,1H3. The van der Waals surface area contributed by atoms with Crippen LogP contribution in [0.15, 0.2) is 60.7 Å². The molecule has 4 rings (SSSR count). The highest BCUT2D eigenvalue weighted by Gasteiger charge is 2.41. The predicted octanol–water partition coefficient (Wildman–Crippen LogP) is 3.43. The van der Waals surface area contributed by atoms with Crippen molar-refractivity contribution in [1.29, 1.82) is 0 Å². The fourth-order valence-electron chi connectivity index (χ4n) is 3.54. The summed E-state index contributed by atoms with van der Waals surface area (Å²) in [5, 5.41) is 13.5. The van der Waals surface area contributed by atoms with E-state index in [1.807, 2.05) is 41.3 Å². The van der Waals surface area contributed by atoms with Gasteiger partial charge >= 0.3 is 0 Å². The molecule has 0 saturated heterocycles. The number of nitrogens with zero attached hydrogens (tertiary/aromatic N) is 3. The Hall–Kier alpha value is -3.58. The maximum absolute atomic E-state index is 12.7. The molecule has 0 aromatic heterocycles. The number of rotatable bonds is 5. The summed E-state index contributed by atoms with van der Waals surface area (Å²) in [4.78, 5) is 38.7. The summed E-state index contributed by atoms with van der Waals surface area (Å²) < 4.78 is 0. The number of hydrogen-bond donors (Lipinski definition) is 0. The second kappa shape index (κ2) is 6.86. The monoisotopic (exact) mass is 375 g/mol. The minimum Gasteiger partial charge on any atom is -0.284 e. The molecule has 3 aromatic carbocycles. The third-order valence-corrected chi connectivity index (χ3v) is 4.82. The van der Waals surface area contributed by atoms with Crippen LogP contribution in [0.3, 0.4) is 0 Å². The first-order valence-corrected chi connectivity index (χ1v) is 8.75. The molecule has 7 nitrogen and oxygen atoms in total. The lowest BCUT2D eigenvalue weighted by Crippen LogP contribution is -2.39. The van der Waals surface area contributed by atoms with Gasteiger partial charge in [-0.05, 0) is 35.5 Å². The molecule has 3 aromatic rings. The van der Waals surface area contributed by atoms with Crippen LogP contribution in [0.5, 0.6) is 0 Å². The number of benzene rings is 3. The Balaban J connectivity index is 1.53. The number of nitro groups is 1. The van der Waals surface area contributed by atoms with E-state index in [1.54, 1.807) is 7.05 Å². The van der Waals surface area contributed by atoms with E-state index in [1.165, 1.54) is 18.2 Å². The Labute approximate surface area is 160 Å². The van der Waals surface area contributed by atoms with E-state index in [0.29, 0.717) is 6.54 Å². The van der Waals surface area contributed by atoms with Gasteiger partial charge in [0.1, 0.15) is 5.56 Å². The SMILES string of the molecule is CN(Cc1ccc2ccccc2c1)CN1C(=O)c2cccc([N+](=O)[O-])c2C1=O. The minimum absolute atomic E-state index is 0.0519. The van der Waals surface area contributed by atoms with Crippen LogP contribution in [-0.2, 0) is 6.54 Å². The van der Waals surface area contributed by atoms with E-state index >= 15 is 0 Å². The van der Waals surface area contributed by atoms with Gasteiger partial charge in [0.2, 0.25) is 0 Å². The van der Waals surface area contributed by atoms with Crippen molar-refractivity contribution in [3.63, 3.8) is 0 Å². The Morgan fingerprint density at radius 2 is 1.71 bits per heavy atom. The fourth-order valence-corrected chi connectivity index (χ4v) is 3.54. The number of nitro benzene ring substituents is 1. The van der Waals surface area contributed by atoms with Gasteiger partial charge in [0.15, 0.2) is 0 Å². The van der Waals surface area contributed by atoms with Crippen LogP contribution in [-0.4, -0.2) is 40.3 Å². The summed E-state index contributed by atoms with van der Waals surface area (Å²) >= 11 is 0. The molecule has 1 aliphatic heterocycles. The third kappa shape index (κ3) is 3.01.